The molecule has 24 aromatic rings. The SMILES string of the molecule is N#Cc1ccc(-n2c3ccc(-c4ccc5c(c4)c4ccccc4n5-c4ccccc4)cc3c3cc(-c4ccc5c(c4)c4ccccc4n5-c4ccccc4)ccc32)cc1C#N.c1ccc(-c2nc(-c3ccccc3)nc(-c3ccccc3-n3c4ccccc4c4c5oc6c(ccc7c6c6ccccc6n7-c6ccccc6)c5ccc43)n2)cc1. The summed E-state index contributed by atoms with van der Waals surface area (Å²) in [5.74, 6) is 1.85. The fourth-order valence-electron chi connectivity index (χ4n) is 18.2. The molecule has 0 fully saturated rings. The molecule has 0 saturated heterocycles. The van der Waals surface area contributed by atoms with E-state index in [0.717, 1.165) is 166 Å². The van der Waals surface area contributed by atoms with Gasteiger partial charge in [0.25, 0.3) is 0 Å². The highest BCUT2D eigenvalue weighted by Crippen LogP contribution is 2.48. The summed E-state index contributed by atoms with van der Waals surface area (Å²) in [4.78, 5) is 15.2. The van der Waals surface area contributed by atoms with Gasteiger partial charge in [-0.15, -0.1) is 0 Å². The minimum Gasteiger partial charge on any atom is -0.455 e. The molecule has 0 saturated carbocycles. The topological polar surface area (TPSA) is 124 Å². The first-order chi connectivity index (χ1) is 58.5. The van der Waals surface area contributed by atoms with Gasteiger partial charge in [-0.25, -0.2) is 15.0 Å². The van der Waals surface area contributed by atoms with E-state index in [2.05, 4.69) is 344 Å². The molecule has 548 valence electrons. The van der Waals surface area contributed by atoms with Gasteiger partial charge in [0.05, 0.1) is 82.8 Å². The number of aromatic nitrogens is 8. The number of nitrogens with zero attached hydrogens (tertiary/aromatic N) is 10. The van der Waals surface area contributed by atoms with Crippen LogP contribution in [0.1, 0.15) is 11.1 Å². The summed E-state index contributed by atoms with van der Waals surface area (Å²) in [7, 11) is 0. The lowest BCUT2D eigenvalue weighted by Gasteiger charge is -2.14. The van der Waals surface area contributed by atoms with Crippen molar-refractivity contribution >= 4 is 131 Å². The van der Waals surface area contributed by atoms with Crippen LogP contribution in [0.2, 0.25) is 0 Å². The minimum atomic E-state index is 0.356. The molecule has 0 amide bonds. The Bertz CT molecular complexity index is 8050. The molecule has 17 aromatic carbocycles. The van der Waals surface area contributed by atoms with Crippen molar-refractivity contribution in [3.63, 3.8) is 0 Å². The number of nitriles is 2. The number of fused-ring (bicyclic) bond motifs is 20. The van der Waals surface area contributed by atoms with Crippen molar-refractivity contribution in [3.8, 4) is 97.0 Å². The van der Waals surface area contributed by atoms with Crippen LogP contribution in [0.4, 0.5) is 0 Å². The summed E-state index contributed by atoms with van der Waals surface area (Å²) in [6, 6.07) is 141. The standard InChI is InChI=1S/C56H33N5.C51H31N5O/c57-34-40-19-24-44(29-41(40)35-58)61-55-27-22-38(36-20-25-53-47(30-36)45-15-7-9-17-51(45)59(53)42-11-3-1-4-12-42)32-49(55)50-33-39(23-28-56(50)61)37-21-26-54-48(31-37)46-16-8-10-18-52(46)60(54)43-13-5-2-6-14-43;1-4-16-32(17-5-1)49-52-50(33-18-6-2-7-19-33)54-51(53-49)39-24-12-15-27-42(39)56-41-26-14-11-23-38(41)46-44(56)31-29-36-35-28-30-43-45(47(35)57-48(36)46)37-22-10-13-25-40(37)55(43)34-20-8-3-9-21-34/h1-33H;1-31H. The van der Waals surface area contributed by atoms with Crippen molar-refractivity contribution in [3.05, 3.63) is 399 Å². The zero-order chi connectivity index (χ0) is 78.1. The van der Waals surface area contributed by atoms with Crippen molar-refractivity contribution in [2.24, 2.45) is 0 Å². The van der Waals surface area contributed by atoms with Gasteiger partial charge < -0.3 is 27.3 Å². The summed E-state index contributed by atoms with van der Waals surface area (Å²) in [5, 5.41) is 33.4. The van der Waals surface area contributed by atoms with Gasteiger partial charge in [0.1, 0.15) is 23.3 Å². The first-order valence-corrected chi connectivity index (χ1v) is 39.5. The van der Waals surface area contributed by atoms with Gasteiger partial charge in [-0.3, -0.25) is 0 Å². The second kappa shape index (κ2) is 27.1. The maximum absolute atomic E-state index is 10.0. The maximum atomic E-state index is 10.0. The molecule has 7 heterocycles. The van der Waals surface area contributed by atoms with Crippen molar-refractivity contribution in [2.45, 2.75) is 0 Å². The molecule has 0 radical (unpaired) electrons. The summed E-state index contributed by atoms with van der Waals surface area (Å²) >= 11 is 0. The van der Waals surface area contributed by atoms with Crippen LogP contribution in [-0.2, 0) is 0 Å². The highest BCUT2D eigenvalue weighted by molar-refractivity contribution is 6.29. The van der Waals surface area contributed by atoms with E-state index in [-0.39, 0.29) is 0 Å². The Kier molecular flexibility index (Phi) is 15.5. The fourth-order valence-corrected chi connectivity index (χ4v) is 18.2. The minimum absolute atomic E-state index is 0.356. The van der Waals surface area contributed by atoms with E-state index < -0.39 is 0 Å². The molecule has 11 nitrogen and oxygen atoms in total. The normalized spacial score (nSPS) is 11.7. The Morgan fingerprint density at radius 3 is 0.975 bits per heavy atom. The number of para-hydroxylation sites is 8. The van der Waals surface area contributed by atoms with E-state index in [1.165, 1.54) is 32.6 Å². The lowest BCUT2D eigenvalue weighted by molar-refractivity contribution is 0.677. The molecule has 0 aliphatic heterocycles. The van der Waals surface area contributed by atoms with Crippen molar-refractivity contribution in [1.82, 2.24) is 37.8 Å². The Morgan fingerprint density at radius 2 is 0.534 bits per heavy atom. The molecule has 0 unspecified atom stereocenters. The molecule has 0 N–H and O–H groups in total. The second-order valence-electron chi connectivity index (χ2n) is 30.0. The molecule has 0 aliphatic carbocycles. The fraction of sp³-hybridized carbons (Fsp3) is 0. The molecule has 24 rings (SSSR count). The van der Waals surface area contributed by atoms with Crippen LogP contribution >= 0.6 is 0 Å². The van der Waals surface area contributed by atoms with Gasteiger partial charge in [0.15, 0.2) is 17.5 Å². The smallest absolute Gasteiger partial charge is 0.166 e. The lowest BCUT2D eigenvalue weighted by atomic mass is 9.98. The quantitative estimate of drug-likeness (QED) is 0.134. The molecule has 0 aliphatic rings. The zero-order valence-electron chi connectivity index (χ0n) is 63.3. The summed E-state index contributed by atoms with van der Waals surface area (Å²) in [5.41, 5.74) is 26.0. The van der Waals surface area contributed by atoms with E-state index >= 15 is 0 Å². The summed E-state index contributed by atoms with van der Waals surface area (Å²) in [6.45, 7) is 0. The molecule has 7 aromatic heterocycles. The van der Waals surface area contributed by atoms with Gasteiger partial charge in [-0.05, 0) is 186 Å². The highest BCUT2D eigenvalue weighted by atomic mass is 16.3. The van der Waals surface area contributed by atoms with E-state index in [0.29, 0.717) is 28.6 Å². The van der Waals surface area contributed by atoms with Crippen LogP contribution in [0, 0.1) is 22.7 Å². The number of hydrogen-bond acceptors (Lipinski definition) is 6. The van der Waals surface area contributed by atoms with Crippen LogP contribution in [0.5, 0.6) is 0 Å². The van der Waals surface area contributed by atoms with Crippen molar-refractivity contribution in [1.29, 1.82) is 10.5 Å². The lowest BCUT2D eigenvalue weighted by Crippen LogP contribution is -2.03. The van der Waals surface area contributed by atoms with Gasteiger partial charge in [0.2, 0.25) is 0 Å². The number of furan rings is 1. The van der Waals surface area contributed by atoms with Crippen molar-refractivity contribution < 1.29 is 4.42 Å². The number of hydrogen-bond donors (Lipinski definition) is 0. The highest BCUT2D eigenvalue weighted by Gasteiger charge is 2.26. The molecule has 11 heteroatoms. The number of rotatable bonds is 10. The molecular weight excluding hydrogens is 1440 g/mol. The van der Waals surface area contributed by atoms with E-state index in [1.807, 2.05) is 72.8 Å². The van der Waals surface area contributed by atoms with Gasteiger partial charge >= 0.3 is 0 Å². The Labute approximate surface area is 675 Å². The van der Waals surface area contributed by atoms with Crippen LogP contribution in [0.15, 0.2) is 393 Å². The van der Waals surface area contributed by atoms with E-state index in [1.54, 1.807) is 6.07 Å². The molecule has 0 atom stereocenters. The first-order valence-electron chi connectivity index (χ1n) is 39.5. The van der Waals surface area contributed by atoms with Crippen LogP contribution in [0.25, 0.3) is 216 Å². The molecular formula is C107H64N10O. The van der Waals surface area contributed by atoms with Crippen LogP contribution < -0.4 is 0 Å². The summed E-state index contributed by atoms with van der Waals surface area (Å²) in [6.07, 6.45) is 0. The monoisotopic (exact) mass is 1500 g/mol. The van der Waals surface area contributed by atoms with E-state index in [4.69, 9.17) is 19.4 Å². The second-order valence-corrected chi connectivity index (χ2v) is 30.0. The average Bonchev–Trinajstić information content (AvgIpc) is 1.54. The number of benzene rings is 17. The largest absolute Gasteiger partial charge is 0.455 e. The Balaban J connectivity index is 0.000000139. The van der Waals surface area contributed by atoms with Crippen molar-refractivity contribution in [2.75, 3.05) is 0 Å². The Hall–Kier alpha value is -16.5. The summed E-state index contributed by atoms with van der Waals surface area (Å²) < 4.78 is 18.7. The molecule has 0 spiro atoms. The van der Waals surface area contributed by atoms with Gasteiger partial charge in [0, 0.05) is 93.3 Å². The first kappa shape index (κ1) is 67.2. The van der Waals surface area contributed by atoms with Gasteiger partial charge in [-0.2, -0.15) is 10.5 Å². The average molecular weight is 1510 g/mol. The Morgan fingerprint density at radius 1 is 0.212 bits per heavy atom. The third-order valence-corrected chi connectivity index (χ3v) is 23.5. The molecule has 0 bridgehead atoms. The predicted molar refractivity (Wildman–Crippen MR) is 482 cm³/mol. The molecule has 118 heavy (non-hydrogen) atoms. The predicted octanol–water partition coefficient (Wildman–Crippen LogP) is 27.0. The maximum Gasteiger partial charge on any atom is 0.166 e. The van der Waals surface area contributed by atoms with E-state index in [9.17, 15) is 10.5 Å². The van der Waals surface area contributed by atoms with Crippen LogP contribution in [-0.4, -0.2) is 37.8 Å². The third-order valence-electron chi connectivity index (χ3n) is 23.5. The van der Waals surface area contributed by atoms with Crippen LogP contribution in [0.3, 0.4) is 0 Å². The zero-order valence-corrected chi connectivity index (χ0v) is 63.3. The van der Waals surface area contributed by atoms with Gasteiger partial charge in [-0.1, -0.05) is 224 Å². The third kappa shape index (κ3) is 10.6.